The number of anilines is 2. The molecule has 5 aliphatic heterocycles. The Morgan fingerprint density at radius 2 is 1.17 bits per heavy atom. The van der Waals surface area contributed by atoms with E-state index in [0.29, 0.717) is 43.5 Å². The van der Waals surface area contributed by atoms with E-state index in [1.807, 2.05) is 49.6 Å². The molecule has 2 aromatic carbocycles. The number of nitrogens with zero attached hydrogens (tertiary/aromatic N) is 5. The monoisotopic (exact) mass is 647 g/mol. The second-order valence-corrected chi connectivity index (χ2v) is 14.8. The van der Waals surface area contributed by atoms with Gasteiger partial charge in [0.15, 0.2) is 0 Å². The molecule has 0 aliphatic carbocycles. The molecule has 0 N–H and O–H groups in total. The van der Waals surface area contributed by atoms with Gasteiger partial charge in [-0.05, 0) is 71.0 Å². The smallest absolute Gasteiger partial charge is 0.410 e. The zero-order valence-corrected chi connectivity index (χ0v) is 28.9. The first-order valence-electron chi connectivity index (χ1n) is 17.4. The van der Waals surface area contributed by atoms with Gasteiger partial charge < -0.3 is 38.7 Å². The van der Waals surface area contributed by atoms with E-state index in [2.05, 4.69) is 58.0 Å². The lowest BCUT2D eigenvalue weighted by molar-refractivity contribution is 0.0282. The maximum Gasteiger partial charge on any atom is 0.410 e. The molecule has 5 aliphatic rings. The van der Waals surface area contributed by atoms with Gasteiger partial charge in [-0.25, -0.2) is 9.59 Å². The van der Waals surface area contributed by atoms with E-state index >= 15 is 0 Å². The van der Waals surface area contributed by atoms with Crippen LogP contribution in [0.15, 0.2) is 48.5 Å². The molecule has 10 heteroatoms. The van der Waals surface area contributed by atoms with Crippen molar-refractivity contribution in [3.8, 4) is 5.75 Å². The molecule has 0 spiro atoms. The Labute approximate surface area is 280 Å². The molecule has 5 heterocycles. The zero-order valence-electron chi connectivity index (χ0n) is 28.9. The number of aryl methyl sites for hydroxylation is 1. The number of likely N-dealkylation sites (tertiary alicyclic amines) is 2. The average molecular weight is 648 g/mol. The molecule has 4 atom stereocenters. The van der Waals surface area contributed by atoms with E-state index in [0.717, 1.165) is 71.2 Å². The summed E-state index contributed by atoms with van der Waals surface area (Å²) in [6.07, 6.45) is -0.163. The second-order valence-electron chi connectivity index (χ2n) is 14.8. The fraction of sp³-hybridized carbons (Fsp3) is 0.622. The van der Waals surface area contributed by atoms with Crippen LogP contribution < -0.4 is 14.5 Å². The third-order valence-corrected chi connectivity index (χ3v) is 10.1. The van der Waals surface area contributed by atoms with Crippen LogP contribution in [0.1, 0.15) is 33.3 Å². The second kappa shape index (κ2) is 14.2. The summed E-state index contributed by atoms with van der Waals surface area (Å²) in [5.41, 5.74) is 3.43. The Kier molecular flexibility index (Phi) is 10.1. The number of morpholine rings is 1. The van der Waals surface area contributed by atoms with Gasteiger partial charge in [0.2, 0.25) is 0 Å². The topological polar surface area (TPSA) is 78.0 Å². The summed E-state index contributed by atoms with van der Waals surface area (Å²) >= 11 is 0. The van der Waals surface area contributed by atoms with Gasteiger partial charge >= 0.3 is 12.1 Å². The number of hydrogen-bond donors (Lipinski definition) is 0. The van der Waals surface area contributed by atoms with Crippen molar-refractivity contribution in [2.24, 2.45) is 23.7 Å². The van der Waals surface area contributed by atoms with Crippen molar-refractivity contribution in [3.63, 3.8) is 0 Å². The van der Waals surface area contributed by atoms with Gasteiger partial charge in [-0.2, -0.15) is 0 Å². The van der Waals surface area contributed by atoms with Crippen LogP contribution in [0, 0.1) is 30.6 Å². The number of carbonyl (C=O) groups is 2. The predicted molar refractivity (Wildman–Crippen MR) is 184 cm³/mol. The van der Waals surface area contributed by atoms with Crippen molar-refractivity contribution in [1.82, 2.24) is 14.7 Å². The first-order valence-corrected chi connectivity index (χ1v) is 17.4. The largest absolute Gasteiger partial charge is 0.494 e. The van der Waals surface area contributed by atoms with Crippen molar-refractivity contribution in [1.29, 1.82) is 0 Å². The summed E-state index contributed by atoms with van der Waals surface area (Å²) in [4.78, 5) is 35.6. The van der Waals surface area contributed by atoms with Gasteiger partial charge in [0, 0.05) is 100 Å². The maximum atomic E-state index is 12.7. The quantitative estimate of drug-likeness (QED) is 0.452. The van der Waals surface area contributed by atoms with Crippen molar-refractivity contribution >= 4 is 23.5 Å². The molecule has 5 saturated heterocycles. The van der Waals surface area contributed by atoms with Crippen LogP contribution in [0.5, 0.6) is 5.75 Å². The van der Waals surface area contributed by atoms with Crippen LogP contribution in [-0.4, -0.2) is 118 Å². The molecule has 10 nitrogen and oxygen atoms in total. The van der Waals surface area contributed by atoms with Crippen LogP contribution >= 0.6 is 0 Å². The lowest BCUT2D eigenvalue weighted by atomic mass is 10.0. The van der Waals surface area contributed by atoms with Crippen LogP contribution in [-0.2, 0) is 9.47 Å². The molecule has 7 rings (SSSR count). The van der Waals surface area contributed by atoms with Crippen LogP contribution in [0.3, 0.4) is 0 Å². The Morgan fingerprint density at radius 3 is 1.64 bits per heavy atom. The minimum absolute atomic E-state index is 0.163. The highest BCUT2D eigenvalue weighted by molar-refractivity contribution is 5.75. The molecule has 0 aromatic heterocycles. The number of benzene rings is 2. The van der Waals surface area contributed by atoms with Gasteiger partial charge in [-0.15, -0.1) is 0 Å². The summed E-state index contributed by atoms with van der Waals surface area (Å²) in [5.74, 6) is 3.21. The maximum absolute atomic E-state index is 12.7. The minimum atomic E-state index is -0.414. The van der Waals surface area contributed by atoms with E-state index in [1.165, 1.54) is 16.9 Å². The van der Waals surface area contributed by atoms with Gasteiger partial charge in [-0.1, -0.05) is 17.7 Å². The van der Waals surface area contributed by atoms with Crippen LogP contribution in [0.2, 0.25) is 0 Å². The zero-order chi connectivity index (χ0) is 33.1. The Bertz CT molecular complexity index is 1330. The lowest BCUT2D eigenvalue weighted by Crippen LogP contribution is -2.48. The molecular formula is C37H53N5O5. The molecule has 256 valence electrons. The van der Waals surface area contributed by atoms with Crippen LogP contribution in [0.4, 0.5) is 21.0 Å². The van der Waals surface area contributed by atoms with E-state index in [1.54, 1.807) is 0 Å². The SMILES string of the molecule is CCOc1ccc(N2C[C@H]3CN(C(=O)N4CCOCC4)C[C@H]3C2)cc1.Cc1ccc(N2C[C@H]3CN(C(=O)OC(C)(C)C)C[C@H]3C2)cc1. The van der Waals surface area contributed by atoms with Crippen molar-refractivity contribution < 1.29 is 23.8 Å². The minimum Gasteiger partial charge on any atom is -0.494 e. The number of rotatable bonds is 4. The van der Waals surface area contributed by atoms with Crippen LogP contribution in [0.25, 0.3) is 0 Å². The molecule has 0 saturated carbocycles. The summed E-state index contributed by atoms with van der Waals surface area (Å²) in [7, 11) is 0. The lowest BCUT2D eigenvalue weighted by Gasteiger charge is -2.32. The summed E-state index contributed by atoms with van der Waals surface area (Å²) in [5, 5.41) is 0. The Morgan fingerprint density at radius 1 is 0.702 bits per heavy atom. The molecule has 5 fully saturated rings. The highest BCUT2D eigenvalue weighted by Gasteiger charge is 2.44. The number of hydrogen-bond acceptors (Lipinski definition) is 7. The molecule has 47 heavy (non-hydrogen) atoms. The van der Waals surface area contributed by atoms with E-state index < -0.39 is 5.60 Å². The number of urea groups is 1. The van der Waals surface area contributed by atoms with Crippen molar-refractivity contribution in [2.45, 2.75) is 40.2 Å². The van der Waals surface area contributed by atoms with Crippen molar-refractivity contribution in [3.05, 3.63) is 54.1 Å². The number of ether oxygens (including phenoxy) is 3. The summed E-state index contributed by atoms with van der Waals surface area (Å²) in [6.45, 7) is 20.9. The van der Waals surface area contributed by atoms with E-state index in [9.17, 15) is 9.59 Å². The fourth-order valence-corrected chi connectivity index (χ4v) is 7.67. The van der Waals surface area contributed by atoms with Gasteiger partial charge in [-0.3, -0.25) is 0 Å². The van der Waals surface area contributed by atoms with Gasteiger partial charge in [0.05, 0.1) is 19.8 Å². The standard InChI is InChI=1S/C19H27N3O3.C18H26N2O2/c1-2-25-18-5-3-17(4-6-18)21-11-15-13-22(14-16(15)12-21)19(23)20-7-9-24-10-8-20;1-13-5-7-16(8-6-13)19-9-14-11-20(12-15(14)10-19)17(21)22-18(2,3)4/h3-6,15-16H,2,7-14H2,1H3;5-8,14-15H,9-12H2,1-4H3/t15-,16+;14-,15+. The first-order chi connectivity index (χ1) is 22.6. The Balaban J connectivity index is 0.000000166. The third-order valence-electron chi connectivity index (χ3n) is 10.1. The Hall–Kier alpha value is -3.66. The van der Waals surface area contributed by atoms with E-state index in [4.69, 9.17) is 14.2 Å². The predicted octanol–water partition coefficient (Wildman–Crippen LogP) is 5.20. The van der Waals surface area contributed by atoms with Crippen molar-refractivity contribution in [2.75, 3.05) is 95.1 Å². The fourth-order valence-electron chi connectivity index (χ4n) is 7.67. The number of fused-ring (bicyclic) bond motifs is 2. The highest BCUT2D eigenvalue weighted by atomic mass is 16.6. The van der Waals surface area contributed by atoms with E-state index in [-0.39, 0.29) is 12.1 Å². The van der Waals surface area contributed by atoms with Gasteiger partial charge in [0.1, 0.15) is 11.4 Å². The number of amides is 3. The number of carbonyl (C=O) groups excluding carboxylic acids is 2. The molecule has 2 aromatic rings. The third kappa shape index (κ3) is 8.08. The highest BCUT2D eigenvalue weighted by Crippen LogP contribution is 2.36. The van der Waals surface area contributed by atoms with Gasteiger partial charge in [0.25, 0.3) is 0 Å². The average Bonchev–Trinajstić information content (AvgIpc) is 3.82. The summed E-state index contributed by atoms with van der Waals surface area (Å²) < 4.78 is 16.4. The summed E-state index contributed by atoms with van der Waals surface area (Å²) in [6, 6.07) is 17.3. The molecule has 0 bridgehead atoms. The molecule has 0 radical (unpaired) electrons. The molecule has 0 unspecified atom stereocenters. The first kappa shape index (κ1) is 33.2. The molecule has 3 amide bonds. The normalized spacial score (nSPS) is 25.3. The molecular weight excluding hydrogens is 594 g/mol.